The molecule has 0 amide bonds. The van der Waals surface area contributed by atoms with Crippen molar-refractivity contribution in [2.75, 3.05) is 41.0 Å². The van der Waals surface area contributed by atoms with Crippen molar-refractivity contribution in [2.24, 2.45) is 0 Å². The molecule has 0 aliphatic rings. The third-order valence-corrected chi connectivity index (χ3v) is 10.2. The Labute approximate surface area is 385 Å². The van der Waals surface area contributed by atoms with E-state index in [4.69, 9.17) is 14.2 Å². The number of hydrogen-bond acceptors (Lipinski definition) is 6. The van der Waals surface area contributed by atoms with Gasteiger partial charge in [0.15, 0.2) is 12.1 Å². The largest absolute Gasteiger partial charge is 0.477 e. The van der Waals surface area contributed by atoms with E-state index in [0.717, 1.165) is 77.0 Å². The van der Waals surface area contributed by atoms with Crippen LogP contribution in [0.3, 0.4) is 0 Å². The minimum absolute atomic E-state index is 0.0227. The van der Waals surface area contributed by atoms with Gasteiger partial charge in [0, 0.05) is 19.3 Å². The molecule has 2 atom stereocenters. The topological polar surface area (TPSA) is 99.1 Å². The normalized spacial score (nSPS) is 13.9. The maximum Gasteiger partial charge on any atom is 0.362 e. The van der Waals surface area contributed by atoms with Gasteiger partial charge in [-0.15, -0.1) is 0 Å². The van der Waals surface area contributed by atoms with Gasteiger partial charge in [-0.3, -0.25) is 9.59 Å². The van der Waals surface area contributed by atoms with Gasteiger partial charge < -0.3 is 23.8 Å². The lowest BCUT2D eigenvalue weighted by Gasteiger charge is -2.31. The molecule has 356 valence electrons. The Balaban J connectivity index is 4.41. The Bertz CT molecular complexity index is 1390. The highest BCUT2D eigenvalue weighted by Crippen LogP contribution is 2.14. The van der Waals surface area contributed by atoms with Gasteiger partial charge >= 0.3 is 17.9 Å². The van der Waals surface area contributed by atoms with Crippen LogP contribution in [0.15, 0.2) is 109 Å². The predicted octanol–water partition coefficient (Wildman–Crippen LogP) is 14.0. The standard InChI is InChI=1S/C55H89NO7/c1-6-8-10-12-14-16-18-20-22-24-26-28-29-31-33-35-37-39-41-43-45-53(57)62-50-51(49-61-48-47-52(55(59)60)56(3,4)5)63-54(58)46-44-42-40-38-36-34-32-30-27-25-23-21-19-17-15-13-11-9-7-2/h8-11,14-17,20-23,27,30,34,36,40,42,51-52H,6-7,12-13,18-19,24-26,28-29,31-33,35,37-39,41,43-50H2,1-5H3/p+1/b10-8+,11-9+,16-14+,17-15+,22-20+,23-21+,30-27+,36-34+,42-40+. The molecule has 0 aliphatic heterocycles. The summed E-state index contributed by atoms with van der Waals surface area (Å²) in [6.45, 7) is 4.42. The average molecular weight is 877 g/mol. The van der Waals surface area contributed by atoms with E-state index in [1.54, 1.807) is 0 Å². The molecule has 0 aromatic heterocycles. The molecule has 0 rings (SSSR count). The van der Waals surface area contributed by atoms with Crippen molar-refractivity contribution in [1.82, 2.24) is 0 Å². The summed E-state index contributed by atoms with van der Waals surface area (Å²) in [6.07, 6.45) is 61.5. The number of carbonyl (C=O) groups excluding carboxylic acids is 2. The minimum Gasteiger partial charge on any atom is -0.477 e. The van der Waals surface area contributed by atoms with Crippen molar-refractivity contribution in [3.8, 4) is 0 Å². The van der Waals surface area contributed by atoms with Crippen LogP contribution in [-0.2, 0) is 28.6 Å². The van der Waals surface area contributed by atoms with Crippen LogP contribution in [0.5, 0.6) is 0 Å². The number of hydrogen-bond donors (Lipinski definition) is 1. The van der Waals surface area contributed by atoms with E-state index in [1.165, 1.54) is 51.4 Å². The lowest BCUT2D eigenvalue weighted by atomic mass is 10.1. The number of nitrogens with zero attached hydrogens (tertiary/aromatic N) is 1. The molecular weight excluding hydrogens is 787 g/mol. The summed E-state index contributed by atoms with van der Waals surface area (Å²) >= 11 is 0. The Hall–Kier alpha value is -4.01. The highest BCUT2D eigenvalue weighted by molar-refractivity contribution is 5.72. The van der Waals surface area contributed by atoms with Gasteiger partial charge in [-0.2, -0.15) is 0 Å². The number of rotatable bonds is 42. The Kier molecular flexibility index (Phi) is 41.8. The summed E-state index contributed by atoms with van der Waals surface area (Å²) in [5.41, 5.74) is 0. The summed E-state index contributed by atoms with van der Waals surface area (Å²) in [6, 6.07) is -0.635. The first-order valence-electron chi connectivity index (χ1n) is 24.4. The maximum atomic E-state index is 12.7. The van der Waals surface area contributed by atoms with Gasteiger partial charge in [0.05, 0.1) is 34.4 Å². The molecule has 0 aromatic carbocycles. The lowest BCUT2D eigenvalue weighted by molar-refractivity contribution is -0.887. The van der Waals surface area contributed by atoms with E-state index in [0.29, 0.717) is 19.3 Å². The first-order valence-corrected chi connectivity index (χ1v) is 24.4. The number of unbranched alkanes of at least 4 members (excludes halogenated alkanes) is 10. The van der Waals surface area contributed by atoms with Crippen molar-refractivity contribution in [3.63, 3.8) is 0 Å². The molecule has 8 nitrogen and oxygen atoms in total. The molecule has 0 heterocycles. The van der Waals surface area contributed by atoms with Crippen molar-refractivity contribution in [3.05, 3.63) is 109 Å². The zero-order valence-corrected chi connectivity index (χ0v) is 40.5. The second kappa shape index (κ2) is 44.6. The molecule has 0 saturated heterocycles. The molecule has 0 saturated carbocycles. The van der Waals surface area contributed by atoms with Crippen LogP contribution in [0.1, 0.15) is 168 Å². The predicted molar refractivity (Wildman–Crippen MR) is 266 cm³/mol. The summed E-state index contributed by atoms with van der Waals surface area (Å²) in [7, 11) is 5.49. The van der Waals surface area contributed by atoms with Gasteiger partial charge in [0.25, 0.3) is 0 Å². The number of carboxylic acid groups (broad SMARTS) is 1. The number of esters is 2. The van der Waals surface area contributed by atoms with Crippen LogP contribution < -0.4 is 0 Å². The number of allylic oxidation sites excluding steroid dienone is 18. The fourth-order valence-corrected chi connectivity index (χ4v) is 6.48. The van der Waals surface area contributed by atoms with Crippen LogP contribution >= 0.6 is 0 Å². The van der Waals surface area contributed by atoms with Crippen LogP contribution in [0.25, 0.3) is 0 Å². The number of carboxylic acids is 1. The summed E-state index contributed by atoms with van der Waals surface area (Å²) in [5, 5.41) is 9.64. The highest BCUT2D eigenvalue weighted by atomic mass is 16.6. The SMILES string of the molecule is CC/C=C/C/C=C/C/C=C/C/C=C/C/C=C/C/C=C/CCC(=O)OC(COCCC(C(=O)O)[N+](C)(C)C)COC(=O)CCCCCCCCCCCC/C=C/C/C=C/C/C=C/CC. The van der Waals surface area contributed by atoms with E-state index in [-0.39, 0.29) is 36.7 Å². The first-order chi connectivity index (χ1) is 30.6. The van der Waals surface area contributed by atoms with Gasteiger partial charge in [0.2, 0.25) is 0 Å². The van der Waals surface area contributed by atoms with Crippen molar-refractivity contribution in [1.29, 1.82) is 0 Å². The lowest BCUT2D eigenvalue weighted by Crippen LogP contribution is -2.50. The molecule has 0 aromatic rings. The fourth-order valence-electron chi connectivity index (χ4n) is 6.48. The van der Waals surface area contributed by atoms with Gasteiger partial charge in [0.1, 0.15) is 6.61 Å². The van der Waals surface area contributed by atoms with Crippen LogP contribution in [-0.4, -0.2) is 80.6 Å². The summed E-state index contributed by atoms with van der Waals surface area (Å²) in [5.74, 6) is -1.59. The second-order valence-electron chi connectivity index (χ2n) is 17.0. The number of quaternary nitrogens is 1. The third-order valence-electron chi connectivity index (χ3n) is 10.2. The molecule has 8 heteroatoms. The number of likely N-dealkylation sites (N-methyl/N-ethyl adjacent to an activating group) is 1. The van der Waals surface area contributed by atoms with Crippen molar-refractivity contribution >= 4 is 17.9 Å². The molecule has 63 heavy (non-hydrogen) atoms. The average Bonchev–Trinajstić information content (AvgIpc) is 3.24. The molecular formula is C55H90NO7+. The summed E-state index contributed by atoms with van der Waals surface area (Å²) in [4.78, 5) is 37.1. The van der Waals surface area contributed by atoms with Crippen LogP contribution in [0.2, 0.25) is 0 Å². The number of carbonyl (C=O) groups is 3. The van der Waals surface area contributed by atoms with E-state index >= 15 is 0 Å². The van der Waals surface area contributed by atoms with E-state index in [1.807, 2.05) is 33.3 Å². The van der Waals surface area contributed by atoms with Crippen LogP contribution in [0.4, 0.5) is 0 Å². The molecule has 0 radical (unpaired) electrons. The van der Waals surface area contributed by atoms with Gasteiger partial charge in [-0.25, -0.2) is 4.79 Å². The van der Waals surface area contributed by atoms with Crippen molar-refractivity contribution in [2.45, 2.75) is 180 Å². The second-order valence-corrected chi connectivity index (χ2v) is 17.0. The smallest absolute Gasteiger partial charge is 0.362 e. The maximum absolute atomic E-state index is 12.7. The Morgan fingerprint density at radius 2 is 0.873 bits per heavy atom. The zero-order valence-electron chi connectivity index (χ0n) is 40.5. The molecule has 0 bridgehead atoms. The van der Waals surface area contributed by atoms with E-state index in [2.05, 4.69) is 111 Å². The molecule has 2 unspecified atom stereocenters. The molecule has 1 N–H and O–H groups in total. The number of aliphatic carboxylic acids is 1. The monoisotopic (exact) mass is 877 g/mol. The molecule has 0 spiro atoms. The minimum atomic E-state index is -0.891. The zero-order chi connectivity index (χ0) is 46.3. The van der Waals surface area contributed by atoms with E-state index in [9.17, 15) is 19.5 Å². The van der Waals surface area contributed by atoms with Gasteiger partial charge in [-0.05, 0) is 83.5 Å². The fraction of sp³-hybridized carbons (Fsp3) is 0.618. The Morgan fingerprint density at radius 3 is 1.30 bits per heavy atom. The quantitative estimate of drug-likeness (QED) is 0.0282. The Morgan fingerprint density at radius 1 is 0.476 bits per heavy atom. The third kappa shape index (κ3) is 43.0. The molecule has 0 aliphatic carbocycles. The highest BCUT2D eigenvalue weighted by Gasteiger charge is 2.31. The van der Waals surface area contributed by atoms with Gasteiger partial charge in [-0.1, -0.05) is 175 Å². The molecule has 0 fully saturated rings. The van der Waals surface area contributed by atoms with Crippen molar-refractivity contribution < 1.29 is 38.2 Å². The summed E-state index contributed by atoms with van der Waals surface area (Å²) < 4.78 is 17.2. The first kappa shape index (κ1) is 59.0. The van der Waals surface area contributed by atoms with Crippen LogP contribution in [0, 0.1) is 0 Å². The number of ether oxygens (including phenoxy) is 3. The van der Waals surface area contributed by atoms with E-state index < -0.39 is 24.1 Å².